The second kappa shape index (κ2) is 15.4. The number of rotatable bonds is 14. The van der Waals surface area contributed by atoms with Crippen LogP contribution in [0.3, 0.4) is 0 Å². The van der Waals surface area contributed by atoms with Crippen molar-refractivity contribution < 1.29 is 19.5 Å². The molecule has 1 aliphatic rings. The summed E-state index contributed by atoms with van der Waals surface area (Å²) >= 11 is 12.5. The molecule has 2 heterocycles. The summed E-state index contributed by atoms with van der Waals surface area (Å²) in [5.74, 6) is -1.34. The fourth-order valence-corrected chi connectivity index (χ4v) is 6.57. The molecule has 12 heteroatoms. The maximum atomic E-state index is 13.4. The molecule has 1 aromatic heterocycles. The van der Waals surface area contributed by atoms with E-state index < -0.39 is 17.6 Å². The predicted octanol–water partition coefficient (Wildman–Crippen LogP) is 6.39. The second-order valence-corrected chi connectivity index (χ2v) is 13.2. The van der Waals surface area contributed by atoms with Crippen molar-refractivity contribution in [2.75, 3.05) is 15.6 Å². The van der Waals surface area contributed by atoms with Crippen LogP contribution in [0.1, 0.15) is 70.6 Å². The van der Waals surface area contributed by atoms with Gasteiger partial charge in [0.05, 0.1) is 18.5 Å². The molecule has 0 spiro atoms. The summed E-state index contributed by atoms with van der Waals surface area (Å²) in [5, 5.41) is 12.0. The molecule has 0 unspecified atom stereocenters. The van der Waals surface area contributed by atoms with E-state index in [-0.39, 0.29) is 17.6 Å². The van der Waals surface area contributed by atoms with Gasteiger partial charge in [-0.2, -0.15) is 0 Å². The van der Waals surface area contributed by atoms with Crippen LogP contribution in [-0.4, -0.2) is 54.5 Å². The summed E-state index contributed by atoms with van der Waals surface area (Å²) in [6.45, 7) is 14.1. The number of hydrogen-bond acceptors (Lipinski definition) is 7. The molecule has 0 aliphatic carbocycles. The zero-order valence-electron chi connectivity index (χ0n) is 24.9. The van der Waals surface area contributed by atoms with E-state index >= 15 is 0 Å². The van der Waals surface area contributed by atoms with Crippen LogP contribution in [0.5, 0.6) is 0 Å². The molecule has 2 aromatic rings. The van der Waals surface area contributed by atoms with Crippen molar-refractivity contribution in [3.8, 4) is 0 Å². The summed E-state index contributed by atoms with van der Waals surface area (Å²) in [6.07, 6.45) is 8.48. The third-order valence-electron chi connectivity index (χ3n) is 7.19. The van der Waals surface area contributed by atoms with Crippen LogP contribution in [0.2, 0.25) is 0 Å². The third-order valence-corrected chi connectivity index (χ3v) is 9.14. The number of carboxylic acids is 1. The molecule has 0 bridgehead atoms. The van der Waals surface area contributed by atoms with Crippen molar-refractivity contribution in [1.82, 2.24) is 10.3 Å². The van der Waals surface area contributed by atoms with Gasteiger partial charge in [-0.1, -0.05) is 37.5 Å². The van der Waals surface area contributed by atoms with E-state index in [2.05, 4.69) is 15.1 Å². The monoisotopic (exact) mass is 639 g/mol. The topological polar surface area (TPSA) is 107 Å². The van der Waals surface area contributed by atoms with E-state index in [9.17, 15) is 19.5 Å². The van der Waals surface area contributed by atoms with Crippen LogP contribution >= 0.6 is 36.2 Å². The molecule has 228 valence electrons. The molecule has 9 nitrogen and oxygen atoms in total. The first kappa shape index (κ1) is 34.1. The van der Waals surface area contributed by atoms with Crippen LogP contribution in [0.25, 0.3) is 4.85 Å². The lowest BCUT2D eigenvalue weighted by Crippen LogP contribution is -2.44. The number of pyridine rings is 1. The van der Waals surface area contributed by atoms with Crippen LogP contribution < -0.4 is 15.1 Å². The number of carbonyl (C=O) groups excluding carboxylic acids is 2. The van der Waals surface area contributed by atoms with Crippen molar-refractivity contribution in [1.29, 1.82) is 0 Å². The number of carbonyl (C=O) groups is 3. The highest BCUT2D eigenvalue weighted by Gasteiger charge is 2.50. The lowest BCUT2D eigenvalue weighted by Gasteiger charge is -2.29. The van der Waals surface area contributed by atoms with Gasteiger partial charge < -0.3 is 15.3 Å². The molecule has 1 aromatic carbocycles. The first-order chi connectivity index (χ1) is 20.4. The summed E-state index contributed by atoms with van der Waals surface area (Å²) in [4.78, 5) is 47.3. The molecule has 1 aliphatic heterocycles. The van der Waals surface area contributed by atoms with E-state index in [0.29, 0.717) is 16.5 Å². The molecule has 0 radical (unpaired) electrons. The van der Waals surface area contributed by atoms with E-state index in [4.69, 9.17) is 31.0 Å². The van der Waals surface area contributed by atoms with Gasteiger partial charge in [0.25, 0.3) is 5.91 Å². The smallest absolute Gasteiger partial charge is 0.327 e. The second-order valence-electron chi connectivity index (χ2n) is 11.0. The Balaban J connectivity index is 1.44. The third kappa shape index (κ3) is 8.81. The van der Waals surface area contributed by atoms with Gasteiger partial charge in [0.1, 0.15) is 11.6 Å². The number of hydrogen-bond donors (Lipinski definition) is 2. The minimum Gasteiger partial charge on any atom is -0.480 e. The fourth-order valence-electron chi connectivity index (χ4n) is 4.83. The van der Waals surface area contributed by atoms with E-state index in [0.717, 1.165) is 66.1 Å². The number of unbranched alkanes of at least 4 members (excludes halogenated alkanes) is 4. The van der Waals surface area contributed by atoms with Gasteiger partial charge >= 0.3 is 5.97 Å². The lowest BCUT2D eigenvalue weighted by molar-refractivity contribution is -0.140. The summed E-state index contributed by atoms with van der Waals surface area (Å²) < 4.78 is 0.763. The van der Waals surface area contributed by atoms with Crippen molar-refractivity contribution >= 4 is 80.4 Å². The van der Waals surface area contributed by atoms with E-state index in [1.54, 1.807) is 18.3 Å². The number of nitrogens with zero attached hydrogens (tertiary/aromatic N) is 4. The average Bonchev–Trinajstić information content (AvgIpc) is 3.13. The number of carboxylic acid groups (broad SMARTS) is 1. The number of thioether (sulfide) groups is 1. The predicted molar refractivity (Wildman–Crippen MR) is 180 cm³/mol. The molecule has 1 saturated heterocycles. The summed E-state index contributed by atoms with van der Waals surface area (Å²) in [6, 6.07) is 8.29. The number of anilines is 2. The molecule has 3 rings (SSSR count). The maximum absolute atomic E-state index is 13.4. The molecule has 2 N–H and O–H groups in total. The molecule has 43 heavy (non-hydrogen) atoms. The average molecular weight is 640 g/mol. The normalized spacial score (nSPS) is 14.9. The van der Waals surface area contributed by atoms with Crippen LogP contribution in [0, 0.1) is 13.5 Å². The molecule has 0 saturated carbocycles. The minimum atomic E-state index is -1.06. The Kier molecular flexibility index (Phi) is 12.2. The number of nitrogens with one attached hydrogen (secondary N) is 1. The number of aliphatic carboxylic acids is 1. The Bertz CT molecular complexity index is 1420. The Morgan fingerprint density at radius 3 is 2.42 bits per heavy atom. The highest BCUT2D eigenvalue weighted by Crippen LogP contribution is 2.37. The van der Waals surface area contributed by atoms with Crippen molar-refractivity contribution in [3.05, 3.63) is 59.2 Å². The lowest BCUT2D eigenvalue weighted by atomic mass is 10.0. The van der Waals surface area contributed by atoms with Crippen molar-refractivity contribution in [3.63, 3.8) is 0 Å². The van der Waals surface area contributed by atoms with Gasteiger partial charge in [0, 0.05) is 28.3 Å². The van der Waals surface area contributed by atoms with Crippen molar-refractivity contribution in [2.45, 2.75) is 84.2 Å². The van der Waals surface area contributed by atoms with Gasteiger partial charge in [-0.15, -0.1) is 11.8 Å². The van der Waals surface area contributed by atoms with Gasteiger partial charge in [0.2, 0.25) is 5.91 Å². The quantitative estimate of drug-likeness (QED) is 0.138. The first-order valence-corrected chi connectivity index (χ1v) is 15.9. The van der Waals surface area contributed by atoms with Crippen molar-refractivity contribution in [2.24, 2.45) is 0 Å². The highest BCUT2D eigenvalue weighted by atomic mass is 32.2. The SMILES string of the molecule is [C-]#[N+]c1ccc(N2C(=O)C(C)(C)N(c3ccc(CCCCCCCC(=S)SC[C@@H](NC(C)=O)C(=O)O)nc3)C2=S)cc1C. The van der Waals surface area contributed by atoms with Gasteiger partial charge in [-0.05, 0) is 88.5 Å². The fraction of sp³-hybridized carbons (Fsp3) is 0.452. The Hall–Kier alpha value is -3.40. The molecular weight excluding hydrogens is 603 g/mol. The number of amides is 2. The van der Waals surface area contributed by atoms with Gasteiger partial charge in [0.15, 0.2) is 10.8 Å². The zero-order chi connectivity index (χ0) is 31.7. The zero-order valence-corrected chi connectivity index (χ0v) is 27.3. The first-order valence-electron chi connectivity index (χ1n) is 14.1. The summed E-state index contributed by atoms with van der Waals surface area (Å²) in [7, 11) is 0. The van der Waals surface area contributed by atoms with Crippen LogP contribution in [0.15, 0.2) is 36.5 Å². The standard InChI is InChI=1S/C31H37N5O4S3/c1-20-17-23(15-16-25(20)32-5)35-29(40)31(3,4)36(30(35)42)24-14-13-22(33-18-24)11-9-7-6-8-10-12-27(41)43-19-26(28(38)39)34-21(2)37/h13-18,26H,6-12,19H2,1-4H3,(H,34,37)(H,38,39)/t26-/m1/s1. The Morgan fingerprint density at radius 2 is 1.81 bits per heavy atom. The molecule has 2 amide bonds. The van der Waals surface area contributed by atoms with E-state index in [1.807, 2.05) is 43.9 Å². The van der Waals surface area contributed by atoms with Crippen LogP contribution in [-0.2, 0) is 20.8 Å². The largest absolute Gasteiger partial charge is 0.480 e. The van der Waals surface area contributed by atoms with E-state index in [1.165, 1.54) is 23.6 Å². The van der Waals surface area contributed by atoms with Gasteiger partial charge in [-0.25, -0.2) is 9.64 Å². The van der Waals surface area contributed by atoms with Gasteiger partial charge in [-0.3, -0.25) is 19.5 Å². The highest BCUT2D eigenvalue weighted by molar-refractivity contribution is 8.23. The minimum absolute atomic E-state index is 0.134. The number of benzene rings is 1. The summed E-state index contributed by atoms with van der Waals surface area (Å²) in [5.41, 5.74) is 2.82. The Labute approximate surface area is 268 Å². The Morgan fingerprint density at radius 1 is 1.14 bits per heavy atom. The number of thiocarbonyl (C=S) groups is 2. The molecule has 1 atom stereocenters. The maximum Gasteiger partial charge on any atom is 0.327 e. The number of aryl methyl sites for hydroxylation is 2. The molecular formula is C31H37N5O4S3. The molecule has 1 fully saturated rings. The van der Waals surface area contributed by atoms with Crippen LogP contribution in [0.4, 0.5) is 17.1 Å². The number of aromatic nitrogens is 1.